The predicted octanol–water partition coefficient (Wildman–Crippen LogP) is -1.61. The van der Waals surface area contributed by atoms with E-state index in [9.17, 15) is 18.0 Å². The summed E-state index contributed by atoms with van der Waals surface area (Å²) in [5.74, 6) is -0.479. The maximum atomic E-state index is 12.6. The number of rotatable bonds is 7. The van der Waals surface area contributed by atoms with Crippen molar-refractivity contribution in [2.45, 2.75) is 6.54 Å². The molecule has 2 rings (SSSR count). The number of nitrogens with zero attached hydrogens (tertiary/aromatic N) is 3. The van der Waals surface area contributed by atoms with Gasteiger partial charge in [0.05, 0.1) is 45.8 Å². The van der Waals surface area contributed by atoms with Crippen LogP contribution in [0.2, 0.25) is 0 Å². The van der Waals surface area contributed by atoms with Crippen LogP contribution >= 0.6 is 0 Å². The molecule has 0 aliphatic rings. The van der Waals surface area contributed by atoms with E-state index in [1.54, 1.807) is 0 Å². The summed E-state index contributed by atoms with van der Waals surface area (Å²) in [4.78, 5) is 31.9. The molecule has 0 atom stereocenters. The molecule has 0 bridgehead atoms. The first-order valence-electron chi connectivity index (χ1n) is 8.11. The normalized spacial score (nSPS) is 10.4. The fourth-order valence-electron chi connectivity index (χ4n) is 2.20. The molecule has 158 valence electrons. The second-order valence-corrected chi connectivity index (χ2v) is 7.57. The van der Waals surface area contributed by atoms with Crippen molar-refractivity contribution in [1.82, 2.24) is 14.3 Å². The summed E-state index contributed by atoms with van der Waals surface area (Å²) in [7, 11) is 0.0567. The second kappa shape index (κ2) is 11.1. The summed E-state index contributed by atoms with van der Waals surface area (Å²) < 4.78 is 39.5. The van der Waals surface area contributed by atoms with Gasteiger partial charge in [0.25, 0.3) is 0 Å². The van der Waals surface area contributed by atoms with Gasteiger partial charge in [-0.3, -0.25) is 5.32 Å². The first-order chi connectivity index (χ1) is 13.7. The number of carbonyl (C=O) groups is 2. The zero-order valence-corrected chi connectivity index (χ0v) is 20.0. The van der Waals surface area contributed by atoms with E-state index in [0.717, 1.165) is 6.26 Å². The van der Waals surface area contributed by atoms with E-state index in [0.29, 0.717) is 15.4 Å². The number of anilines is 1. The summed E-state index contributed by atoms with van der Waals surface area (Å²) in [5.41, 5.74) is 0.769. The molecule has 0 aliphatic carbocycles. The minimum Gasteiger partial charge on any atom is -1.00 e. The van der Waals surface area contributed by atoms with E-state index in [4.69, 9.17) is 9.47 Å². The van der Waals surface area contributed by atoms with Gasteiger partial charge in [-0.15, -0.1) is 0 Å². The molecule has 0 fully saturated rings. The van der Waals surface area contributed by atoms with Gasteiger partial charge in [-0.25, -0.2) is 22.3 Å². The SMILES string of the molecule is COC(=O)c1ccc(CN(C(=O)Nc2nc(OC)cc(OC)n2)S(C)(=O)=O)cc1.[H-].[Na+]. The van der Waals surface area contributed by atoms with Gasteiger partial charge in [-0.1, -0.05) is 12.1 Å². The Bertz CT molecular complexity index is 984. The van der Waals surface area contributed by atoms with Crippen LogP contribution in [-0.2, 0) is 21.3 Å². The molecule has 1 aromatic carbocycles. The molecule has 0 saturated carbocycles. The monoisotopic (exact) mass is 448 g/mol. The summed E-state index contributed by atoms with van der Waals surface area (Å²) in [6.45, 7) is -0.271. The van der Waals surface area contributed by atoms with Crippen LogP contribution in [0.25, 0.3) is 0 Å². The number of urea groups is 1. The van der Waals surface area contributed by atoms with Gasteiger partial charge >= 0.3 is 41.6 Å². The molecule has 0 radical (unpaired) electrons. The standard InChI is InChI=1S/C17H20N4O7S.Na.H/c1-26-13-9-14(27-2)19-16(18-13)20-17(23)21(29(4,24)25)10-11-5-7-12(8-6-11)15(22)28-3;;/h5-9H,10H2,1-4H3,(H,18,19,20,23);;/q;+1;-1. The zero-order valence-electron chi connectivity index (χ0n) is 18.2. The summed E-state index contributed by atoms with van der Waals surface area (Å²) in [6.07, 6.45) is 0.891. The van der Waals surface area contributed by atoms with E-state index in [2.05, 4.69) is 20.0 Å². The molecule has 1 aromatic heterocycles. The van der Waals surface area contributed by atoms with E-state index >= 15 is 0 Å². The van der Waals surface area contributed by atoms with E-state index in [1.165, 1.54) is 51.7 Å². The quantitative estimate of drug-likeness (QED) is 0.392. The van der Waals surface area contributed by atoms with Gasteiger partial charge in [-0.2, -0.15) is 9.97 Å². The Morgan fingerprint density at radius 3 is 2.03 bits per heavy atom. The maximum Gasteiger partial charge on any atom is 1.00 e. The van der Waals surface area contributed by atoms with Gasteiger partial charge < -0.3 is 15.6 Å². The molecule has 2 amide bonds. The number of methoxy groups -OCH3 is 3. The molecule has 30 heavy (non-hydrogen) atoms. The molecule has 2 aromatic rings. The Labute approximate surface area is 197 Å². The second-order valence-electron chi connectivity index (χ2n) is 5.66. The number of nitrogens with one attached hydrogen (secondary N) is 1. The van der Waals surface area contributed by atoms with Gasteiger partial charge in [-0.05, 0) is 17.7 Å². The van der Waals surface area contributed by atoms with Gasteiger partial charge in [0.1, 0.15) is 0 Å². The smallest absolute Gasteiger partial charge is 1.00 e. The van der Waals surface area contributed by atoms with Crippen LogP contribution in [0, 0.1) is 0 Å². The average Bonchev–Trinajstić information content (AvgIpc) is 2.70. The maximum absolute atomic E-state index is 12.6. The first-order valence-corrected chi connectivity index (χ1v) is 9.95. The van der Waals surface area contributed by atoms with Crippen molar-refractivity contribution >= 4 is 28.0 Å². The van der Waals surface area contributed by atoms with E-state index in [-0.39, 0.29) is 55.2 Å². The van der Waals surface area contributed by atoms with Crippen molar-refractivity contribution in [3.63, 3.8) is 0 Å². The summed E-state index contributed by atoms with van der Waals surface area (Å²) in [5, 5.41) is 2.31. The van der Waals surface area contributed by atoms with Crippen molar-refractivity contribution in [2.75, 3.05) is 32.9 Å². The number of aromatic nitrogens is 2. The van der Waals surface area contributed by atoms with Crippen molar-refractivity contribution in [3.05, 3.63) is 41.5 Å². The van der Waals surface area contributed by atoms with Crippen molar-refractivity contribution in [3.8, 4) is 11.8 Å². The van der Waals surface area contributed by atoms with Crippen LogP contribution in [0.15, 0.2) is 30.3 Å². The van der Waals surface area contributed by atoms with Crippen LogP contribution < -0.4 is 44.3 Å². The number of esters is 1. The van der Waals surface area contributed by atoms with Crippen molar-refractivity contribution in [2.24, 2.45) is 0 Å². The Morgan fingerprint density at radius 1 is 1.07 bits per heavy atom. The van der Waals surface area contributed by atoms with Gasteiger partial charge in [0.15, 0.2) is 0 Å². The Hall–Kier alpha value is -2.41. The zero-order chi connectivity index (χ0) is 21.6. The largest absolute Gasteiger partial charge is 1.00 e. The number of amides is 2. The van der Waals surface area contributed by atoms with Crippen LogP contribution in [0.3, 0.4) is 0 Å². The van der Waals surface area contributed by atoms with Gasteiger partial charge in [0, 0.05) is 0 Å². The van der Waals surface area contributed by atoms with Crippen LogP contribution in [0.1, 0.15) is 17.3 Å². The molecule has 1 heterocycles. The van der Waals surface area contributed by atoms with Gasteiger partial charge in [0.2, 0.25) is 27.7 Å². The third-order valence-electron chi connectivity index (χ3n) is 3.64. The molecule has 0 aliphatic heterocycles. The Kier molecular flexibility index (Phi) is 9.49. The summed E-state index contributed by atoms with van der Waals surface area (Å²) >= 11 is 0. The van der Waals surface area contributed by atoms with E-state index < -0.39 is 22.0 Å². The van der Waals surface area contributed by atoms with Crippen molar-refractivity contribution in [1.29, 1.82) is 0 Å². The Balaban J connectivity index is 0.00000450. The average molecular weight is 448 g/mol. The molecule has 0 spiro atoms. The topological polar surface area (TPSA) is 137 Å². The predicted molar refractivity (Wildman–Crippen MR) is 103 cm³/mol. The van der Waals surface area contributed by atoms with Crippen molar-refractivity contribution < 1.29 is 63.2 Å². The fraction of sp³-hybridized carbons (Fsp3) is 0.294. The molecular formula is C17H21N4NaO7S. The third-order valence-corrected chi connectivity index (χ3v) is 4.74. The third kappa shape index (κ3) is 6.83. The van der Waals surface area contributed by atoms with Crippen LogP contribution in [-0.4, -0.2) is 62.3 Å². The molecule has 13 heteroatoms. The molecule has 0 unspecified atom stereocenters. The number of hydrogen-bond donors (Lipinski definition) is 1. The summed E-state index contributed by atoms with van der Waals surface area (Å²) in [6, 6.07) is 6.39. The molecule has 11 nitrogen and oxygen atoms in total. The van der Waals surface area contributed by atoms with E-state index in [1.807, 2.05) is 0 Å². The number of carbonyl (C=O) groups excluding carboxylic acids is 2. The van der Waals surface area contributed by atoms with Crippen LogP contribution in [0.4, 0.5) is 10.7 Å². The number of hydrogen-bond acceptors (Lipinski definition) is 9. The number of benzene rings is 1. The van der Waals surface area contributed by atoms with Crippen LogP contribution in [0.5, 0.6) is 11.8 Å². The first kappa shape index (κ1) is 25.6. The molecule has 1 N–H and O–H groups in total. The molecular weight excluding hydrogens is 427 g/mol. The minimum absolute atomic E-state index is 0. The minimum atomic E-state index is -3.93. The molecule has 0 saturated heterocycles. The Morgan fingerprint density at radius 2 is 1.60 bits per heavy atom. The number of sulfonamides is 1. The fourth-order valence-corrected chi connectivity index (χ4v) is 2.93. The number of ether oxygens (including phenoxy) is 3.